The van der Waals surface area contributed by atoms with E-state index >= 15 is 0 Å². The van der Waals surface area contributed by atoms with Crippen molar-refractivity contribution in [2.45, 2.75) is 31.7 Å². The van der Waals surface area contributed by atoms with Crippen LogP contribution < -0.4 is 15.5 Å². The van der Waals surface area contributed by atoms with E-state index in [1.165, 1.54) is 17.9 Å². The number of piperazine rings is 1. The molecule has 0 saturated carbocycles. The number of carbonyl (C=O) groups excluding carboxylic acids is 1. The molecule has 3 aliphatic rings. The maximum Gasteiger partial charge on any atom is 0.246 e. The average molecular weight is 537 g/mol. The van der Waals surface area contributed by atoms with E-state index in [0.29, 0.717) is 41.8 Å². The number of rotatable bonds is 6. The van der Waals surface area contributed by atoms with E-state index in [-0.39, 0.29) is 17.7 Å². The van der Waals surface area contributed by atoms with Crippen molar-refractivity contribution in [3.63, 3.8) is 0 Å². The van der Waals surface area contributed by atoms with Gasteiger partial charge in [-0.2, -0.15) is 4.98 Å². The lowest BCUT2D eigenvalue weighted by atomic mass is 9.74. The van der Waals surface area contributed by atoms with Crippen LogP contribution in [0.25, 0.3) is 0 Å². The molecule has 3 N–H and O–H groups in total. The molecule has 9 nitrogen and oxygen atoms in total. The molecule has 1 aromatic heterocycles. The van der Waals surface area contributed by atoms with Gasteiger partial charge in [0.05, 0.1) is 5.69 Å². The highest BCUT2D eigenvalue weighted by atomic mass is 35.5. The van der Waals surface area contributed by atoms with Crippen LogP contribution in [-0.4, -0.2) is 91.3 Å². The lowest BCUT2D eigenvalue weighted by Crippen LogP contribution is -2.58. The number of anilines is 3. The van der Waals surface area contributed by atoms with Crippen LogP contribution in [0.5, 0.6) is 0 Å². The molecule has 2 atom stereocenters. The van der Waals surface area contributed by atoms with Gasteiger partial charge in [0.15, 0.2) is 0 Å². The Morgan fingerprint density at radius 2 is 1.87 bits per heavy atom. The van der Waals surface area contributed by atoms with Crippen molar-refractivity contribution >= 4 is 41.2 Å². The summed E-state index contributed by atoms with van der Waals surface area (Å²) in [5.41, 5.74) is 10.7. The number of nitrogens with one attached hydrogen (secondary N) is 1. The minimum atomic E-state index is -0.0251. The van der Waals surface area contributed by atoms with Crippen LogP contribution in [0.2, 0.25) is 5.02 Å². The molecule has 1 unspecified atom stereocenters. The first-order valence-corrected chi connectivity index (χ1v) is 13.6. The zero-order valence-corrected chi connectivity index (χ0v) is 23.2. The number of likely N-dealkylation sites (N-methyl/N-ethyl adjacent to an activating group) is 1. The zero-order valence-electron chi connectivity index (χ0n) is 22.5. The molecule has 0 radical (unpaired) electrons. The maximum absolute atomic E-state index is 12.2. The van der Waals surface area contributed by atoms with Gasteiger partial charge in [-0.05, 0) is 62.5 Å². The van der Waals surface area contributed by atoms with Crippen molar-refractivity contribution in [2.24, 2.45) is 5.92 Å². The third-order valence-corrected chi connectivity index (χ3v) is 8.74. The van der Waals surface area contributed by atoms with Crippen LogP contribution in [0, 0.1) is 11.3 Å². The molecule has 10 heteroatoms. The van der Waals surface area contributed by atoms with Gasteiger partial charge in [0.1, 0.15) is 5.82 Å². The Hall–Kier alpha value is -3.17. The lowest BCUT2D eigenvalue weighted by molar-refractivity contribution is -0.126. The molecule has 2 aliphatic heterocycles. The van der Waals surface area contributed by atoms with Gasteiger partial charge >= 0.3 is 0 Å². The van der Waals surface area contributed by atoms with Crippen molar-refractivity contribution < 1.29 is 4.79 Å². The molecule has 2 saturated heterocycles. The number of aromatic nitrogens is 2. The van der Waals surface area contributed by atoms with Crippen LogP contribution in [0.15, 0.2) is 24.8 Å². The van der Waals surface area contributed by atoms with Gasteiger partial charge in [-0.3, -0.25) is 4.79 Å². The molecule has 1 aliphatic carbocycles. The predicted molar refractivity (Wildman–Crippen MR) is 154 cm³/mol. The van der Waals surface area contributed by atoms with Crippen molar-refractivity contribution in [2.75, 3.05) is 68.9 Å². The van der Waals surface area contributed by atoms with Gasteiger partial charge in [0.2, 0.25) is 11.9 Å². The number of carbonyl (C=O) groups is 1. The monoisotopic (exact) mass is 536 g/mol. The highest BCUT2D eigenvalue weighted by molar-refractivity contribution is 6.32. The summed E-state index contributed by atoms with van der Waals surface area (Å²) in [6, 6.07) is 4.10. The minimum absolute atomic E-state index is 0.0251. The topological polar surface area (TPSA) is 106 Å². The summed E-state index contributed by atoms with van der Waals surface area (Å²) < 4.78 is 0. The third-order valence-electron chi connectivity index (χ3n) is 8.41. The number of nitrogen functional groups attached to an aromatic ring is 1. The summed E-state index contributed by atoms with van der Waals surface area (Å²) in [5, 5.41) is 8.66. The Morgan fingerprint density at radius 1 is 1.16 bits per heavy atom. The molecule has 2 aromatic rings. The van der Waals surface area contributed by atoms with Crippen molar-refractivity contribution in [3.05, 3.63) is 52.2 Å². The van der Waals surface area contributed by atoms with E-state index in [0.717, 1.165) is 55.6 Å². The molecule has 0 bridgehead atoms. The summed E-state index contributed by atoms with van der Waals surface area (Å²) in [7, 11) is 4.21. The fourth-order valence-electron chi connectivity index (χ4n) is 5.92. The number of halogens is 1. The van der Waals surface area contributed by atoms with Crippen LogP contribution in [0.1, 0.15) is 35.2 Å². The Bertz CT molecular complexity index is 1250. The first-order chi connectivity index (χ1) is 18.2. The molecule has 1 aromatic carbocycles. The van der Waals surface area contributed by atoms with Crippen molar-refractivity contribution in [1.82, 2.24) is 19.8 Å². The van der Waals surface area contributed by atoms with E-state index < -0.39 is 0 Å². The Kier molecular flexibility index (Phi) is 7.33. The van der Waals surface area contributed by atoms with Gasteiger partial charge in [-0.15, -0.1) is 0 Å². The highest BCUT2D eigenvalue weighted by Crippen LogP contribution is 2.44. The summed E-state index contributed by atoms with van der Waals surface area (Å²) >= 11 is 6.72. The highest BCUT2D eigenvalue weighted by Gasteiger charge is 2.37. The Balaban J connectivity index is 1.51. The van der Waals surface area contributed by atoms with Gasteiger partial charge in [0, 0.05) is 73.4 Å². The largest absolute Gasteiger partial charge is 0.398 e. The number of nitrogens with two attached hydrogens (primary N) is 1. The van der Waals surface area contributed by atoms with E-state index in [4.69, 9.17) is 32.7 Å². The molecule has 202 valence electrons. The summed E-state index contributed by atoms with van der Waals surface area (Å²) in [5.74, 6) is 2.09. The fraction of sp³-hybridized carbons (Fsp3) is 0.500. The molecule has 3 heterocycles. The van der Waals surface area contributed by atoms with E-state index in [9.17, 15) is 4.79 Å². The quantitative estimate of drug-likeness (QED) is 0.332. The van der Waals surface area contributed by atoms with Crippen LogP contribution >= 0.6 is 11.6 Å². The molecule has 38 heavy (non-hydrogen) atoms. The summed E-state index contributed by atoms with van der Waals surface area (Å²) in [6.07, 6.45) is 4.23. The standard InChI is InChI=1S/C28H37ClN8O/c1-5-25(38)35-8-10-36(11-9-35)27-20-12-17(2)19(26-21(14-30)23(31)7-6-22(26)29)13-24(20)32-28(33-27)37-15-18(16-37)34(3)4/h5-7,14,17-19,30H,1,8-13,15-16,31H2,2-4H3/t17-,19?/m1/s1. The number of nitrogens with zero attached hydrogens (tertiary/aromatic N) is 6. The summed E-state index contributed by atoms with van der Waals surface area (Å²) in [4.78, 5) is 31.0. The van der Waals surface area contributed by atoms with E-state index in [1.807, 2.05) is 11.0 Å². The minimum Gasteiger partial charge on any atom is -0.398 e. The third kappa shape index (κ3) is 4.73. The molecular weight excluding hydrogens is 500 g/mol. The molecule has 5 rings (SSSR count). The zero-order chi connectivity index (χ0) is 27.1. The van der Waals surface area contributed by atoms with Crippen LogP contribution in [0.4, 0.5) is 17.5 Å². The van der Waals surface area contributed by atoms with E-state index in [2.05, 4.69) is 42.3 Å². The molecule has 1 amide bonds. The lowest BCUT2D eigenvalue weighted by Gasteiger charge is -2.44. The van der Waals surface area contributed by atoms with E-state index in [1.54, 1.807) is 6.07 Å². The number of hydrogen-bond acceptors (Lipinski definition) is 8. The second-order valence-electron chi connectivity index (χ2n) is 10.9. The molecular formula is C28H37ClN8O. The second kappa shape index (κ2) is 10.5. The van der Waals surface area contributed by atoms with Gasteiger partial charge in [-0.1, -0.05) is 25.1 Å². The number of amides is 1. The van der Waals surface area contributed by atoms with Crippen molar-refractivity contribution in [3.8, 4) is 0 Å². The average Bonchev–Trinajstić information content (AvgIpc) is 2.88. The number of benzene rings is 1. The Labute approximate surface area is 229 Å². The normalized spacial score (nSPS) is 21.8. The SMILES string of the molecule is C=CC(=O)N1CCN(c2nc(N3CC(N(C)C)C3)nc3c2C[C@@H](C)C(c2c(Cl)ccc(N)c2C=N)C3)CC1. The smallest absolute Gasteiger partial charge is 0.246 e. The number of hydrogen-bond donors (Lipinski definition) is 2. The molecule has 0 spiro atoms. The first-order valence-electron chi connectivity index (χ1n) is 13.3. The van der Waals surface area contributed by atoms with Crippen molar-refractivity contribution in [1.29, 1.82) is 5.41 Å². The second-order valence-corrected chi connectivity index (χ2v) is 11.3. The van der Waals surface area contributed by atoms with Gasteiger partial charge in [0.25, 0.3) is 0 Å². The number of fused-ring (bicyclic) bond motifs is 1. The first kappa shape index (κ1) is 26.4. The Morgan fingerprint density at radius 3 is 2.50 bits per heavy atom. The predicted octanol–water partition coefficient (Wildman–Crippen LogP) is 2.81. The van der Waals surface area contributed by atoms with Gasteiger partial charge in [-0.25, -0.2) is 4.98 Å². The maximum atomic E-state index is 12.2. The van der Waals surface area contributed by atoms with Crippen LogP contribution in [0.3, 0.4) is 0 Å². The molecule has 2 fully saturated rings. The summed E-state index contributed by atoms with van der Waals surface area (Å²) in [6.45, 7) is 10.4. The van der Waals surface area contributed by atoms with Gasteiger partial charge < -0.3 is 30.7 Å². The van der Waals surface area contributed by atoms with Crippen LogP contribution in [-0.2, 0) is 17.6 Å². The fourth-order valence-corrected chi connectivity index (χ4v) is 6.23.